The molecular weight excluding hydrogens is 228 g/mol. The average molecular weight is 246 g/mol. The zero-order valence-corrected chi connectivity index (χ0v) is 11.2. The van der Waals surface area contributed by atoms with E-state index in [0.29, 0.717) is 17.9 Å². The predicted molar refractivity (Wildman–Crippen MR) is 72.0 cm³/mol. The molecule has 96 valence electrons. The summed E-state index contributed by atoms with van der Waals surface area (Å²) >= 11 is 0. The summed E-state index contributed by atoms with van der Waals surface area (Å²) in [6, 6.07) is 7.41. The van der Waals surface area contributed by atoms with E-state index in [1.165, 1.54) is 5.01 Å². The maximum atomic E-state index is 12.1. The molecule has 0 fully saturated rings. The molecule has 0 saturated heterocycles. The van der Waals surface area contributed by atoms with Gasteiger partial charge in [0, 0.05) is 5.41 Å². The van der Waals surface area contributed by atoms with E-state index in [9.17, 15) is 4.79 Å². The fraction of sp³-hybridized carbons (Fsp3) is 0.429. The number of carbonyl (C=O) groups excluding carboxylic acids is 1. The first-order valence-electron chi connectivity index (χ1n) is 5.97. The van der Waals surface area contributed by atoms with Crippen LogP contribution in [0.2, 0.25) is 0 Å². The quantitative estimate of drug-likeness (QED) is 0.805. The lowest BCUT2D eigenvalue weighted by Crippen LogP contribution is -2.20. The topological polar surface area (TPSA) is 41.9 Å². The highest BCUT2D eigenvalue weighted by atomic mass is 16.5. The van der Waals surface area contributed by atoms with Gasteiger partial charge in [0.1, 0.15) is 11.4 Å². The Hall–Kier alpha value is -1.84. The molecule has 18 heavy (non-hydrogen) atoms. The number of hydrazone groups is 1. The van der Waals surface area contributed by atoms with E-state index in [1.54, 1.807) is 7.11 Å². The van der Waals surface area contributed by atoms with Gasteiger partial charge in [-0.15, -0.1) is 0 Å². The van der Waals surface area contributed by atoms with Crippen LogP contribution in [-0.4, -0.2) is 18.7 Å². The van der Waals surface area contributed by atoms with Gasteiger partial charge in [0.15, 0.2) is 0 Å². The summed E-state index contributed by atoms with van der Waals surface area (Å²) in [7, 11) is 1.59. The largest absolute Gasteiger partial charge is 0.494 e. The Balaban J connectivity index is 2.40. The predicted octanol–water partition coefficient (Wildman–Crippen LogP) is 2.83. The molecular formula is C14H18N2O2. The second kappa shape index (κ2) is 4.44. The molecule has 0 spiro atoms. The molecule has 0 aromatic heterocycles. The van der Waals surface area contributed by atoms with E-state index < -0.39 is 0 Å². The number of hydrogen-bond acceptors (Lipinski definition) is 3. The Kier molecular flexibility index (Phi) is 3.11. The molecule has 0 saturated carbocycles. The van der Waals surface area contributed by atoms with Gasteiger partial charge in [0.05, 0.1) is 19.2 Å². The number of methoxy groups -OCH3 is 1. The van der Waals surface area contributed by atoms with Crippen molar-refractivity contribution in [3.63, 3.8) is 0 Å². The lowest BCUT2D eigenvalue weighted by molar-refractivity contribution is -0.117. The van der Waals surface area contributed by atoms with Crippen molar-refractivity contribution in [1.29, 1.82) is 0 Å². The highest BCUT2D eigenvalue weighted by molar-refractivity contribution is 6.14. The first-order valence-corrected chi connectivity index (χ1v) is 5.97. The third-order valence-corrected chi connectivity index (χ3v) is 2.95. The van der Waals surface area contributed by atoms with Crippen LogP contribution < -0.4 is 9.75 Å². The third-order valence-electron chi connectivity index (χ3n) is 2.95. The van der Waals surface area contributed by atoms with Gasteiger partial charge in [-0.05, 0) is 12.1 Å². The van der Waals surface area contributed by atoms with Crippen molar-refractivity contribution < 1.29 is 9.53 Å². The maximum Gasteiger partial charge on any atom is 0.253 e. The number of carbonyl (C=O) groups is 1. The van der Waals surface area contributed by atoms with Gasteiger partial charge in [0.25, 0.3) is 5.91 Å². The molecule has 1 aliphatic heterocycles. The third kappa shape index (κ3) is 2.23. The standard InChI is InChI=1S/C14H18N2O2/c1-14(2,3)12-9-13(17)16(15-12)10-7-5-6-8-11(10)18-4/h5-8H,9H2,1-4H3. The normalized spacial score (nSPS) is 15.9. The summed E-state index contributed by atoms with van der Waals surface area (Å²) < 4.78 is 5.26. The SMILES string of the molecule is COc1ccccc1N1N=C(C(C)(C)C)CC1=O. The number of amides is 1. The Labute approximate surface area is 107 Å². The second-order valence-corrected chi connectivity index (χ2v) is 5.35. The molecule has 2 rings (SSSR count). The van der Waals surface area contributed by atoms with Crippen molar-refractivity contribution in [2.24, 2.45) is 10.5 Å². The van der Waals surface area contributed by atoms with Crippen molar-refractivity contribution in [2.75, 3.05) is 12.1 Å². The van der Waals surface area contributed by atoms with Crippen LogP contribution >= 0.6 is 0 Å². The van der Waals surface area contributed by atoms with Crippen LogP contribution in [0.3, 0.4) is 0 Å². The van der Waals surface area contributed by atoms with Crippen LogP contribution in [0.4, 0.5) is 5.69 Å². The maximum absolute atomic E-state index is 12.1. The van der Waals surface area contributed by atoms with Gasteiger partial charge in [-0.3, -0.25) is 4.79 Å². The molecule has 0 unspecified atom stereocenters. The van der Waals surface area contributed by atoms with Gasteiger partial charge >= 0.3 is 0 Å². The first-order chi connectivity index (χ1) is 8.43. The van der Waals surface area contributed by atoms with Crippen molar-refractivity contribution in [2.45, 2.75) is 27.2 Å². The van der Waals surface area contributed by atoms with Gasteiger partial charge < -0.3 is 4.74 Å². The molecule has 4 heteroatoms. The number of ether oxygens (including phenoxy) is 1. The molecule has 0 aliphatic carbocycles. The first kappa shape index (κ1) is 12.6. The summed E-state index contributed by atoms with van der Waals surface area (Å²) in [5.74, 6) is 0.647. The summed E-state index contributed by atoms with van der Waals surface area (Å²) in [6.07, 6.45) is 0.377. The molecule has 0 atom stereocenters. The lowest BCUT2D eigenvalue weighted by Gasteiger charge is -2.17. The van der Waals surface area contributed by atoms with Crippen LogP contribution in [0.25, 0.3) is 0 Å². The van der Waals surface area contributed by atoms with Crippen LogP contribution in [0.1, 0.15) is 27.2 Å². The number of rotatable bonds is 2. The van der Waals surface area contributed by atoms with Gasteiger partial charge in [0.2, 0.25) is 0 Å². The van der Waals surface area contributed by atoms with E-state index in [-0.39, 0.29) is 11.3 Å². The molecule has 1 aliphatic rings. The molecule has 1 heterocycles. The highest BCUT2D eigenvalue weighted by Crippen LogP contribution is 2.33. The molecule has 1 amide bonds. The van der Waals surface area contributed by atoms with Gasteiger partial charge in [-0.1, -0.05) is 32.9 Å². The van der Waals surface area contributed by atoms with Crippen LogP contribution in [0, 0.1) is 5.41 Å². The van der Waals surface area contributed by atoms with Crippen molar-refractivity contribution in [3.8, 4) is 5.75 Å². The lowest BCUT2D eigenvalue weighted by atomic mass is 9.88. The molecule has 1 aromatic rings. The summed E-state index contributed by atoms with van der Waals surface area (Å²) in [5, 5.41) is 5.88. The Bertz CT molecular complexity index is 501. The summed E-state index contributed by atoms with van der Waals surface area (Å²) in [4.78, 5) is 12.1. The summed E-state index contributed by atoms with van der Waals surface area (Å²) in [5.41, 5.74) is 1.51. The number of para-hydroxylation sites is 2. The fourth-order valence-corrected chi connectivity index (χ4v) is 1.84. The van der Waals surface area contributed by atoms with Gasteiger partial charge in [-0.2, -0.15) is 10.1 Å². The van der Waals surface area contributed by atoms with E-state index in [2.05, 4.69) is 25.9 Å². The van der Waals surface area contributed by atoms with E-state index in [0.717, 1.165) is 5.71 Å². The Morgan fingerprint density at radius 3 is 2.50 bits per heavy atom. The minimum atomic E-state index is -0.0908. The minimum absolute atomic E-state index is 0.00979. The van der Waals surface area contributed by atoms with Crippen molar-refractivity contribution >= 4 is 17.3 Å². The molecule has 0 N–H and O–H groups in total. The van der Waals surface area contributed by atoms with E-state index in [4.69, 9.17) is 4.74 Å². The highest BCUT2D eigenvalue weighted by Gasteiger charge is 2.32. The number of nitrogens with zero attached hydrogens (tertiary/aromatic N) is 2. The Morgan fingerprint density at radius 2 is 1.94 bits per heavy atom. The second-order valence-electron chi connectivity index (χ2n) is 5.35. The minimum Gasteiger partial charge on any atom is -0.494 e. The molecule has 1 aromatic carbocycles. The van der Waals surface area contributed by atoms with Gasteiger partial charge in [-0.25, -0.2) is 0 Å². The zero-order valence-electron chi connectivity index (χ0n) is 11.2. The van der Waals surface area contributed by atoms with Crippen LogP contribution in [0.5, 0.6) is 5.75 Å². The van der Waals surface area contributed by atoms with Crippen molar-refractivity contribution in [3.05, 3.63) is 24.3 Å². The number of benzene rings is 1. The van der Waals surface area contributed by atoms with Crippen LogP contribution in [0.15, 0.2) is 29.4 Å². The van der Waals surface area contributed by atoms with E-state index >= 15 is 0 Å². The molecule has 0 bridgehead atoms. The number of hydrogen-bond donors (Lipinski definition) is 0. The molecule has 4 nitrogen and oxygen atoms in total. The van der Waals surface area contributed by atoms with Crippen LogP contribution in [-0.2, 0) is 4.79 Å². The molecule has 0 radical (unpaired) electrons. The fourth-order valence-electron chi connectivity index (χ4n) is 1.84. The monoisotopic (exact) mass is 246 g/mol. The summed E-state index contributed by atoms with van der Waals surface area (Å²) in [6.45, 7) is 6.18. The van der Waals surface area contributed by atoms with Crippen molar-refractivity contribution in [1.82, 2.24) is 0 Å². The smallest absolute Gasteiger partial charge is 0.253 e. The zero-order chi connectivity index (χ0) is 13.3. The number of anilines is 1. The van der Waals surface area contributed by atoms with E-state index in [1.807, 2.05) is 24.3 Å². The Morgan fingerprint density at radius 1 is 1.28 bits per heavy atom. The average Bonchev–Trinajstić information content (AvgIpc) is 2.71.